The maximum Gasteiger partial charge on any atom is 0.256 e. The lowest BCUT2D eigenvalue weighted by molar-refractivity contribution is -0.113. The number of hydrogen-bond acceptors (Lipinski definition) is 6. The second kappa shape index (κ2) is 10.1. The summed E-state index contributed by atoms with van der Waals surface area (Å²) in [6.07, 6.45) is 0. The van der Waals surface area contributed by atoms with E-state index in [2.05, 4.69) is 10.6 Å². The Bertz CT molecular complexity index is 1220. The van der Waals surface area contributed by atoms with Gasteiger partial charge in [0.2, 0.25) is 12.7 Å². The summed E-state index contributed by atoms with van der Waals surface area (Å²) in [6, 6.07) is 15.7. The number of benzene rings is 3. The van der Waals surface area contributed by atoms with E-state index >= 15 is 0 Å². The topological polar surface area (TPSA) is 85.9 Å². The van der Waals surface area contributed by atoms with Crippen LogP contribution in [-0.2, 0) is 4.79 Å². The zero-order valence-corrected chi connectivity index (χ0v) is 19.5. The first-order chi connectivity index (χ1) is 15.9. The van der Waals surface area contributed by atoms with Crippen molar-refractivity contribution >= 4 is 46.6 Å². The van der Waals surface area contributed by atoms with Crippen LogP contribution in [0.15, 0.2) is 59.5 Å². The third-order valence-corrected chi connectivity index (χ3v) is 6.36. The van der Waals surface area contributed by atoms with Crippen LogP contribution >= 0.6 is 23.4 Å². The van der Waals surface area contributed by atoms with Crippen molar-refractivity contribution in [3.8, 4) is 17.2 Å². The fraction of sp³-hybridized carbons (Fsp3) is 0.167. The first-order valence-corrected chi connectivity index (χ1v) is 11.4. The number of halogens is 1. The highest BCUT2D eigenvalue weighted by molar-refractivity contribution is 8.00. The van der Waals surface area contributed by atoms with Gasteiger partial charge in [-0.3, -0.25) is 9.59 Å². The number of rotatable bonds is 7. The van der Waals surface area contributed by atoms with Crippen molar-refractivity contribution in [2.24, 2.45) is 0 Å². The van der Waals surface area contributed by atoms with E-state index in [9.17, 15) is 9.59 Å². The van der Waals surface area contributed by atoms with Crippen LogP contribution in [0.2, 0.25) is 5.02 Å². The lowest BCUT2D eigenvalue weighted by Gasteiger charge is -2.14. The lowest BCUT2D eigenvalue weighted by atomic mass is 10.1. The maximum absolute atomic E-state index is 13.0. The van der Waals surface area contributed by atoms with E-state index in [0.717, 1.165) is 5.56 Å². The molecule has 9 heteroatoms. The highest BCUT2D eigenvalue weighted by atomic mass is 35.5. The molecule has 0 atom stereocenters. The van der Waals surface area contributed by atoms with Crippen molar-refractivity contribution in [3.05, 3.63) is 70.7 Å². The minimum absolute atomic E-state index is 0.127. The minimum Gasteiger partial charge on any atom is -0.495 e. The van der Waals surface area contributed by atoms with Crippen LogP contribution in [0.5, 0.6) is 17.2 Å². The molecule has 0 radical (unpaired) electrons. The number of methoxy groups -OCH3 is 1. The molecule has 170 valence electrons. The van der Waals surface area contributed by atoms with E-state index in [0.29, 0.717) is 44.1 Å². The molecule has 2 amide bonds. The van der Waals surface area contributed by atoms with Gasteiger partial charge in [0.05, 0.1) is 24.1 Å². The summed E-state index contributed by atoms with van der Waals surface area (Å²) < 4.78 is 15.9. The van der Waals surface area contributed by atoms with E-state index in [4.69, 9.17) is 25.8 Å². The Hall–Kier alpha value is -3.36. The zero-order chi connectivity index (χ0) is 23.4. The van der Waals surface area contributed by atoms with Crippen LogP contribution in [-0.4, -0.2) is 31.5 Å². The predicted octanol–water partition coefficient (Wildman–Crippen LogP) is 5.37. The van der Waals surface area contributed by atoms with Gasteiger partial charge in [-0.05, 0) is 42.8 Å². The molecule has 4 rings (SSSR count). The Balaban J connectivity index is 1.42. The van der Waals surface area contributed by atoms with Crippen molar-refractivity contribution in [2.75, 3.05) is 30.3 Å². The first-order valence-electron chi connectivity index (χ1n) is 10.0. The summed E-state index contributed by atoms with van der Waals surface area (Å²) in [4.78, 5) is 26.2. The second-order valence-electron chi connectivity index (χ2n) is 7.16. The van der Waals surface area contributed by atoms with Crippen molar-refractivity contribution in [1.29, 1.82) is 0 Å². The number of nitrogens with one attached hydrogen (secondary N) is 2. The molecule has 0 bridgehead atoms. The second-order valence-corrected chi connectivity index (χ2v) is 8.58. The molecular formula is C24H21ClN2O5S. The van der Waals surface area contributed by atoms with Crippen LogP contribution in [0, 0.1) is 6.92 Å². The van der Waals surface area contributed by atoms with Crippen LogP contribution in [0.1, 0.15) is 15.9 Å². The lowest BCUT2D eigenvalue weighted by Crippen LogP contribution is -2.16. The molecular weight excluding hydrogens is 464 g/mol. The molecule has 0 unspecified atom stereocenters. The van der Waals surface area contributed by atoms with Crippen molar-refractivity contribution < 1.29 is 23.8 Å². The number of ether oxygens (including phenoxy) is 3. The monoisotopic (exact) mass is 484 g/mol. The number of anilines is 2. The number of aryl methyl sites for hydroxylation is 1. The van der Waals surface area contributed by atoms with E-state index < -0.39 is 0 Å². The Labute approximate surface area is 200 Å². The molecule has 7 nitrogen and oxygen atoms in total. The Morgan fingerprint density at radius 2 is 1.85 bits per heavy atom. The molecule has 0 aliphatic carbocycles. The molecule has 1 aliphatic heterocycles. The summed E-state index contributed by atoms with van der Waals surface area (Å²) >= 11 is 7.43. The van der Waals surface area contributed by atoms with Gasteiger partial charge in [-0.2, -0.15) is 0 Å². The van der Waals surface area contributed by atoms with Gasteiger partial charge in [-0.15, -0.1) is 11.8 Å². The van der Waals surface area contributed by atoms with Crippen LogP contribution in [0.3, 0.4) is 0 Å². The maximum atomic E-state index is 13.0. The van der Waals surface area contributed by atoms with Crippen molar-refractivity contribution in [1.82, 2.24) is 0 Å². The molecule has 3 aromatic rings. The Morgan fingerprint density at radius 3 is 2.67 bits per heavy atom. The molecule has 0 fully saturated rings. The fourth-order valence-electron chi connectivity index (χ4n) is 3.21. The number of fused-ring (bicyclic) bond motifs is 1. The summed E-state index contributed by atoms with van der Waals surface area (Å²) in [7, 11) is 1.51. The van der Waals surface area contributed by atoms with Crippen molar-refractivity contribution in [3.63, 3.8) is 0 Å². The van der Waals surface area contributed by atoms with E-state index in [1.807, 2.05) is 13.0 Å². The van der Waals surface area contributed by atoms with Gasteiger partial charge in [0, 0.05) is 27.7 Å². The highest BCUT2D eigenvalue weighted by Gasteiger charge is 2.17. The third kappa shape index (κ3) is 5.35. The SMILES string of the molecule is COc1cc(Cl)c(C)cc1NC(=O)c1ccccc1SCC(=O)Nc1ccc2c(c1)OCO2. The molecule has 2 N–H and O–H groups in total. The van der Waals surface area contributed by atoms with Gasteiger partial charge in [0.1, 0.15) is 5.75 Å². The number of carbonyl (C=O) groups excluding carboxylic acids is 2. The van der Waals surface area contributed by atoms with Gasteiger partial charge in [0.15, 0.2) is 11.5 Å². The Kier molecular flexibility index (Phi) is 6.96. The molecule has 0 aromatic heterocycles. The summed E-state index contributed by atoms with van der Waals surface area (Å²) in [6.45, 7) is 2.02. The van der Waals surface area contributed by atoms with Gasteiger partial charge >= 0.3 is 0 Å². The summed E-state index contributed by atoms with van der Waals surface area (Å²) in [5.41, 5.74) is 2.40. The average Bonchev–Trinajstić information content (AvgIpc) is 3.28. The predicted molar refractivity (Wildman–Crippen MR) is 129 cm³/mol. The quantitative estimate of drug-likeness (QED) is 0.438. The number of hydrogen-bond donors (Lipinski definition) is 2. The fourth-order valence-corrected chi connectivity index (χ4v) is 4.22. The largest absolute Gasteiger partial charge is 0.495 e. The first kappa shape index (κ1) is 22.8. The average molecular weight is 485 g/mol. The Morgan fingerprint density at radius 1 is 1.06 bits per heavy atom. The molecule has 33 heavy (non-hydrogen) atoms. The minimum atomic E-state index is -0.311. The molecule has 0 saturated heterocycles. The van der Waals surface area contributed by atoms with Gasteiger partial charge in [-0.1, -0.05) is 23.7 Å². The van der Waals surface area contributed by atoms with Gasteiger partial charge in [0.25, 0.3) is 5.91 Å². The normalized spacial score (nSPS) is 11.7. The zero-order valence-electron chi connectivity index (χ0n) is 17.9. The number of carbonyl (C=O) groups is 2. The standard InChI is InChI=1S/C24H21ClN2O5S/c1-14-9-18(20(30-2)11-17(14)25)27-24(29)16-5-3-4-6-22(16)33-12-23(28)26-15-7-8-19-21(10-15)32-13-31-19/h3-11H,12-13H2,1-2H3,(H,26,28)(H,27,29). The van der Waals surface area contributed by atoms with E-state index in [-0.39, 0.29) is 24.4 Å². The summed E-state index contributed by atoms with van der Waals surface area (Å²) in [5, 5.41) is 6.26. The van der Waals surface area contributed by atoms with E-state index in [1.54, 1.807) is 48.5 Å². The number of amides is 2. The van der Waals surface area contributed by atoms with Gasteiger partial charge < -0.3 is 24.8 Å². The summed E-state index contributed by atoms with van der Waals surface area (Å²) in [5.74, 6) is 1.32. The van der Waals surface area contributed by atoms with Crippen LogP contribution in [0.25, 0.3) is 0 Å². The smallest absolute Gasteiger partial charge is 0.256 e. The molecule has 3 aromatic carbocycles. The third-order valence-electron chi connectivity index (χ3n) is 4.88. The van der Waals surface area contributed by atoms with E-state index in [1.165, 1.54) is 18.9 Å². The molecule has 0 saturated carbocycles. The molecule has 1 heterocycles. The van der Waals surface area contributed by atoms with Crippen LogP contribution in [0.4, 0.5) is 11.4 Å². The highest BCUT2D eigenvalue weighted by Crippen LogP contribution is 2.35. The van der Waals surface area contributed by atoms with Crippen LogP contribution < -0.4 is 24.8 Å². The number of thioether (sulfide) groups is 1. The van der Waals surface area contributed by atoms with Crippen molar-refractivity contribution in [2.45, 2.75) is 11.8 Å². The van der Waals surface area contributed by atoms with Gasteiger partial charge in [-0.25, -0.2) is 0 Å². The molecule has 0 spiro atoms. The molecule has 1 aliphatic rings.